The SMILES string of the molecule is Cc1ccc(CNCC(=O)Nc2nccs2)cc1.Cl. The van der Waals surface area contributed by atoms with E-state index in [-0.39, 0.29) is 24.9 Å². The second kappa shape index (κ2) is 7.89. The first-order valence-electron chi connectivity index (χ1n) is 5.69. The number of benzene rings is 1. The zero-order valence-electron chi connectivity index (χ0n) is 10.6. The molecule has 6 heteroatoms. The molecule has 102 valence electrons. The van der Waals surface area contributed by atoms with Gasteiger partial charge in [-0.25, -0.2) is 4.98 Å². The molecular weight excluding hydrogens is 282 g/mol. The van der Waals surface area contributed by atoms with Crippen LogP contribution in [0.3, 0.4) is 0 Å². The van der Waals surface area contributed by atoms with Crippen molar-refractivity contribution in [1.29, 1.82) is 0 Å². The lowest BCUT2D eigenvalue weighted by atomic mass is 10.1. The Morgan fingerprint density at radius 2 is 2.05 bits per heavy atom. The number of halogens is 1. The molecule has 0 radical (unpaired) electrons. The molecule has 2 rings (SSSR count). The van der Waals surface area contributed by atoms with E-state index in [2.05, 4.69) is 46.8 Å². The molecule has 4 nitrogen and oxygen atoms in total. The van der Waals surface area contributed by atoms with Crippen molar-refractivity contribution in [3.05, 3.63) is 47.0 Å². The number of hydrogen-bond donors (Lipinski definition) is 2. The first-order chi connectivity index (χ1) is 8.74. The van der Waals surface area contributed by atoms with Crippen LogP contribution in [-0.4, -0.2) is 17.4 Å². The van der Waals surface area contributed by atoms with E-state index in [1.165, 1.54) is 22.5 Å². The minimum Gasteiger partial charge on any atom is -0.304 e. The molecule has 1 aromatic heterocycles. The van der Waals surface area contributed by atoms with Gasteiger partial charge in [0.1, 0.15) is 0 Å². The molecule has 2 aromatic rings. The zero-order valence-corrected chi connectivity index (χ0v) is 12.2. The van der Waals surface area contributed by atoms with E-state index in [1.807, 2.05) is 5.38 Å². The van der Waals surface area contributed by atoms with Crippen molar-refractivity contribution >= 4 is 34.8 Å². The van der Waals surface area contributed by atoms with E-state index < -0.39 is 0 Å². The van der Waals surface area contributed by atoms with E-state index in [9.17, 15) is 4.79 Å². The zero-order chi connectivity index (χ0) is 12.8. The topological polar surface area (TPSA) is 54.0 Å². The van der Waals surface area contributed by atoms with Crippen molar-refractivity contribution < 1.29 is 4.79 Å². The predicted molar refractivity (Wildman–Crippen MR) is 80.9 cm³/mol. The van der Waals surface area contributed by atoms with Crippen LogP contribution >= 0.6 is 23.7 Å². The van der Waals surface area contributed by atoms with Crippen molar-refractivity contribution in [1.82, 2.24) is 10.3 Å². The number of thiazole rings is 1. The Balaban J connectivity index is 0.00000180. The summed E-state index contributed by atoms with van der Waals surface area (Å²) in [5.41, 5.74) is 2.41. The van der Waals surface area contributed by atoms with Gasteiger partial charge in [-0.2, -0.15) is 0 Å². The molecule has 0 bridgehead atoms. The van der Waals surface area contributed by atoms with Crippen LogP contribution in [0.2, 0.25) is 0 Å². The largest absolute Gasteiger partial charge is 0.304 e. The third kappa shape index (κ3) is 5.38. The van der Waals surface area contributed by atoms with Crippen LogP contribution < -0.4 is 10.6 Å². The molecular formula is C13H16ClN3OS. The van der Waals surface area contributed by atoms with E-state index in [1.54, 1.807) is 6.20 Å². The third-order valence-corrected chi connectivity index (χ3v) is 3.10. The molecule has 0 unspecified atom stereocenters. The minimum absolute atomic E-state index is 0. The molecule has 2 N–H and O–H groups in total. The molecule has 0 spiro atoms. The molecule has 0 atom stereocenters. The quantitative estimate of drug-likeness (QED) is 0.892. The Bertz CT molecular complexity index is 499. The monoisotopic (exact) mass is 297 g/mol. The fraction of sp³-hybridized carbons (Fsp3) is 0.231. The number of nitrogens with one attached hydrogen (secondary N) is 2. The summed E-state index contributed by atoms with van der Waals surface area (Å²) in [6.07, 6.45) is 1.67. The molecule has 19 heavy (non-hydrogen) atoms. The summed E-state index contributed by atoms with van der Waals surface area (Å²) < 4.78 is 0. The van der Waals surface area contributed by atoms with Crippen LogP contribution in [0, 0.1) is 6.92 Å². The summed E-state index contributed by atoms with van der Waals surface area (Å²) in [5.74, 6) is -0.0722. The normalized spacial score (nSPS) is 9.74. The van der Waals surface area contributed by atoms with E-state index in [4.69, 9.17) is 0 Å². The van der Waals surface area contributed by atoms with Crippen molar-refractivity contribution in [2.24, 2.45) is 0 Å². The predicted octanol–water partition coefficient (Wildman–Crippen LogP) is 2.60. The van der Waals surface area contributed by atoms with E-state index in [0.717, 1.165) is 0 Å². The molecule has 0 aliphatic carbocycles. The van der Waals surface area contributed by atoms with E-state index in [0.29, 0.717) is 11.7 Å². The maximum absolute atomic E-state index is 11.5. The minimum atomic E-state index is -0.0722. The van der Waals surface area contributed by atoms with Gasteiger partial charge in [0, 0.05) is 18.1 Å². The van der Waals surface area contributed by atoms with Gasteiger partial charge < -0.3 is 10.6 Å². The van der Waals surface area contributed by atoms with Gasteiger partial charge in [-0.3, -0.25) is 4.79 Å². The number of anilines is 1. The van der Waals surface area contributed by atoms with Crippen molar-refractivity contribution in [3.63, 3.8) is 0 Å². The number of carbonyl (C=O) groups is 1. The first-order valence-corrected chi connectivity index (χ1v) is 6.57. The molecule has 0 saturated heterocycles. The Kier molecular flexibility index (Phi) is 6.49. The molecule has 0 saturated carbocycles. The lowest BCUT2D eigenvalue weighted by Crippen LogP contribution is -2.27. The molecule has 0 aliphatic rings. The number of aromatic nitrogens is 1. The highest BCUT2D eigenvalue weighted by Crippen LogP contribution is 2.09. The van der Waals surface area contributed by atoms with Crippen LogP contribution in [-0.2, 0) is 11.3 Å². The number of rotatable bonds is 5. The first kappa shape index (κ1) is 15.6. The lowest BCUT2D eigenvalue weighted by Gasteiger charge is -2.05. The highest BCUT2D eigenvalue weighted by atomic mass is 35.5. The van der Waals surface area contributed by atoms with Crippen LogP contribution in [0.4, 0.5) is 5.13 Å². The van der Waals surface area contributed by atoms with Gasteiger partial charge in [0.2, 0.25) is 5.91 Å². The highest BCUT2D eigenvalue weighted by molar-refractivity contribution is 7.13. The summed E-state index contributed by atoms with van der Waals surface area (Å²) >= 11 is 1.41. The Hall–Kier alpha value is -1.43. The Morgan fingerprint density at radius 3 is 2.68 bits per heavy atom. The van der Waals surface area contributed by atoms with Gasteiger partial charge in [-0.15, -0.1) is 23.7 Å². The number of carbonyl (C=O) groups excluding carboxylic acids is 1. The summed E-state index contributed by atoms with van der Waals surface area (Å²) in [5, 5.41) is 8.29. The second-order valence-electron chi connectivity index (χ2n) is 3.97. The van der Waals surface area contributed by atoms with Crippen molar-refractivity contribution in [3.8, 4) is 0 Å². The van der Waals surface area contributed by atoms with Crippen molar-refractivity contribution in [2.75, 3.05) is 11.9 Å². The number of amides is 1. The summed E-state index contributed by atoms with van der Waals surface area (Å²) in [6.45, 7) is 3.03. The fourth-order valence-corrected chi connectivity index (χ4v) is 2.02. The summed E-state index contributed by atoms with van der Waals surface area (Å²) in [7, 11) is 0. The average Bonchev–Trinajstić information content (AvgIpc) is 2.84. The average molecular weight is 298 g/mol. The van der Waals surface area contributed by atoms with Crippen molar-refractivity contribution in [2.45, 2.75) is 13.5 Å². The standard InChI is InChI=1S/C13H15N3OS.ClH/c1-10-2-4-11(5-3-10)8-14-9-12(17)16-13-15-6-7-18-13;/h2-7,14H,8-9H2,1H3,(H,15,16,17);1H. The number of nitrogens with zero attached hydrogens (tertiary/aromatic N) is 1. The highest BCUT2D eigenvalue weighted by Gasteiger charge is 2.03. The van der Waals surface area contributed by atoms with Crippen LogP contribution in [0.5, 0.6) is 0 Å². The van der Waals surface area contributed by atoms with Crippen LogP contribution in [0.1, 0.15) is 11.1 Å². The van der Waals surface area contributed by atoms with Gasteiger partial charge >= 0.3 is 0 Å². The lowest BCUT2D eigenvalue weighted by molar-refractivity contribution is -0.115. The maximum atomic E-state index is 11.5. The van der Waals surface area contributed by atoms with Gasteiger partial charge in [-0.05, 0) is 12.5 Å². The molecule has 1 heterocycles. The second-order valence-corrected chi connectivity index (χ2v) is 4.87. The number of aryl methyl sites for hydroxylation is 1. The molecule has 1 amide bonds. The molecule has 0 fully saturated rings. The van der Waals surface area contributed by atoms with Gasteiger partial charge in [0.05, 0.1) is 6.54 Å². The Morgan fingerprint density at radius 1 is 1.32 bits per heavy atom. The summed E-state index contributed by atoms with van der Waals surface area (Å²) in [4.78, 5) is 15.5. The van der Waals surface area contributed by atoms with E-state index >= 15 is 0 Å². The smallest absolute Gasteiger partial charge is 0.240 e. The van der Waals surface area contributed by atoms with Gasteiger partial charge in [0.15, 0.2) is 5.13 Å². The number of hydrogen-bond acceptors (Lipinski definition) is 4. The molecule has 1 aromatic carbocycles. The fourth-order valence-electron chi connectivity index (χ4n) is 1.47. The van der Waals surface area contributed by atoms with Crippen LogP contribution in [0.15, 0.2) is 35.8 Å². The maximum Gasteiger partial charge on any atom is 0.240 e. The Labute approximate surface area is 122 Å². The van der Waals surface area contributed by atoms with Gasteiger partial charge in [-0.1, -0.05) is 29.8 Å². The summed E-state index contributed by atoms with van der Waals surface area (Å²) in [6, 6.07) is 8.24. The van der Waals surface area contributed by atoms with Crippen LogP contribution in [0.25, 0.3) is 0 Å². The van der Waals surface area contributed by atoms with Gasteiger partial charge in [0.25, 0.3) is 0 Å². The third-order valence-electron chi connectivity index (χ3n) is 2.41. The molecule has 0 aliphatic heterocycles.